The van der Waals surface area contributed by atoms with Crippen LogP contribution < -0.4 is 5.32 Å². The van der Waals surface area contributed by atoms with Gasteiger partial charge in [-0.15, -0.1) is 24.0 Å². The fourth-order valence-electron chi connectivity index (χ4n) is 3.69. The molecule has 1 saturated heterocycles. The first kappa shape index (κ1) is 24.6. The average Bonchev–Trinajstić information content (AvgIpc) is 2.92. The van der Waals surface area contributed by atoms with Crippen molar-refractivity contribution in [2.75, 3.05) is 39.0 Å². The average molecular weight is 548 g/mol. The highest BCUT2D eigenvalue weighted by Gasteiger charge is 2.41. The largest absolute Gasteiger partial charge is 0.356 e. The quantitative estimate of drug-likeness (QED) is 0.198. The lowest BCUT2D eigenvalue weighted by Crippen LogP contribution is -2.57. The standard InChI is InChI=1S/C20H28N4O4S.HI/c1-20(2)14-23(12-13-29(20,27)28)19(21-3)22-10-6-7-11-24-17(25)15-8-4-5-9-16(15)18(24)26;/h4-5,8-9H,6-7,10-14H2,1-3H3,(H,21,22);1H. The molecule has 1 N–H and O–H groups in total. The highest BCUT2D eigenvalue weighted by molar-refractivity contribution is 14.0. The number of guanidine groups is 1. The number of benzene rings is 1. The van der Waals surface area contributed by atoms with Crippen LogP contribution in [-0.4, -0.2) is 79.7 Å². The number of fused-ring (bicyclic) bond motifs is 1. The van der Waals surface area contributed by atoms with E-state index in [0.29, 0.717) is 49.7 Å². The fourth-order valence-corrected chi connectivity index (χ4v) is 5.06. The number of carbonyl (C=O) groups excluding carboxylic acids is 2. The highest BCUT2D eigenvalue weighted by Crippen LogP contribution is 2.24. The van der Waals surface area contributed by atoms with Gasteiger partial charge in [0.2, 0.25) is 0 Å². The van der Waals surface area contributed by atoms with Gasteiger partial charge in [0.05, 0.1) is 21.6 Å². The summed E-state index contributed by atoms with van der Waals surface area (Å²) in [5, 5.41) is 3.26. The van der Waals surface area contributed by atoms with E-state index in [1.54, 1.807) is 45.2 Å². The maximum Gasteiger partial charge on any atom is 0.261 e. The number of nitrogens with zero attached hydrogens (tertiary/aromatic N) is 3. The van der Waals surface area contributed by atoms with Gasteiger partial charge in [-0.25, -0.2) is 8.42 Å². The van der Waals surface area contributed by atoms with E-state index in [1.165, 1.54) is 4.90 Å². The number of imide groups is 1. The molecule has 3 rings (SSSR count). The zero-order valence-electron chi connectivity index (χ0n) is 17.6. The minimum atomic E-state index is -3.10. The number of aliphatic imine (C=N–C) groups is 1. The third-order valence-corrected chi connectivity index (χ3v) is 8.06. The van der Waals surface area contributed by atoms with E-state index >= 15 is 0 Å². The lowest BCUT2D eigenvalue weighted by molar-refractivity contribution is 0.0651. The first-order chi connectivity index (χ1) is 13.7. The van der Waals surface area contributed by atoms with Crippen LogP contribution in [-0.2, 0) is 9.84 Å². The molecule has 10 heteroatoms. The van der Waals surface area contributed by atoms with Crippen LogP contribution in [0.3, 0.4) is 0 Å². The predicted molar refractivity (Wildman–Crippen MR) is 127 cm³/mol. The van der Waals surface area contributed by atoms with Crippen LogP contribution in [0, 0.1) is 0 Å². The van der Waals surface area contributed by atoms with Crippen molar-refractivity contribution >= 4 is 51.6 Å². The van der Waals surface area contributed by atoms with Gasteiger partial charge in [0.15, 0.2) is 15.8 Å². The second kappa shape index (κ2) is 9.63. The minimum Gasteiger partial charge on any atom is -0.356 e. The monoisotopic (exact) mass is 548 g/mol. The SMILES string of the molecule is CN=C(NCCCCN1C(=O)c2ccccc2C1=O)N1CCS(=O)(=O)C(C)(C)C1.I. The summed E-state index contributed by atoms with van der Waals surface area (Å²) in [6, 6.07) is 6.88. The second-order valence-corrected chi connectivity index (χ2v) is 10.7. The molecule has 30 heavy (non-hydrogen) atoms. The third kappa shape index (κ3) is 4.79. The van der Waals surface area contributed by atoms with Crippen molar-refractivity contribution in [3.05, 3.63) is 35.4 Å². The van der Waals surface area contributed by atoms with Crippen molar-refractivity contribution in [2.24, 2.45) is 4.99 Å². The Hall–Kier alpha value is -1.69. The number of amides is 2. The van der Waals surface area contributed by atoms with Gasteiger partial charge in [0.1, 0.15) is 0 Å². The molecule has 0 bridgehead atoms. The van der Waals surface area contributed by atoms with Crippen molar-refractivity contribution in [2.45, 2.75) is 31.4 Å². The second-order valence-electron chi connectivity index (χ2n) is 7.99. The minimum absolute atomic E-state index is 0. The first-order valence-corrected chi connectivity index (χ1v) is 11.5. The smallest absolute Gasteiger partial charge is 0.261 e. The fraction of sp³-hybridized carbons (Fsp3) is 0.550. The number of halogens is 1. The van der Waals surface area contributed by atoms with E-state index in [1.807, 2.05) is 4.90 Å². The number of hydrogen-bond donors (Lipinski definition) is 1. The number of nitrogens with one attached hydrogen (secondary N) is 1. The van der Waals surface area contributed by atoms with E-state index in [2.05, 4.69) is 10.3 Å². The van der Waals surface area contributed by atoms with Crippen LogP contribution in [0.15, 0.2) is 29.3 Å². The van der Waals surface area contributed by atoms with Crippen molar-refractivity contribution in [1.29, 1.82) is 0 Å². The maximum absolute atomic E-state index is 12.4. The summed E-state index contributed by atoms with van der Waals surface area (Å²) in [5.41, 5.74) is 0.942. The summed E-state index contributed by atoms with van der Waals surface area (Å²) in [7, 11) is -1.42. The Morgan fingerprint density at radius 2 is 1.73 bits per heavy atom. The Labute approximate surface area is 195 Å². The van der Waals surface area contributed by atoms with Crippen LogP contribution >= 0.6 is 24.0 Å². The Bertz CT molecular complexity index is 911. The molecule has 1 fully saturated rings. The number of carbonyl (C=O) groups is 2. The van der Waals surface area contributed by atoms with Crippen molar-refractivity contribution in [1.82, 2.24) is 15.1 Å². The molecule has 0 saturated carbocycles. The van der Waals surface area contributed by atoms with Crippen LogP contribution in [0.25, 0.3) is 0 Å². The van der Waals surface area contributed by atoms with Crippen molar-refractivity contribution < 1.29 is 18.0 Å². The Kier molecular flexibility index (Phi) is 7.89. The van der Waals surface area contributed by atoms with Gasteiger partial charge >= 0.3 is 0 Å². The molecule has 0 radical (unpaired) electrons. The molecule has 2 heterocycles. The Balaban J connectivity index is 0.00000320. The molecule has 2 aliphatic heterocycles. The first-order valence-electron chi connectivity index (χ1n) is 9.81. The number of unbranched alkanes of at least 4 members (excludes halogenated alkanes) is 1. The number of hydrogen-bond acceptors (Lipinski definition) is 5. The van der Waals surface area contributed by atoms with Crippen LogP contribution in [0.5, 0.6) is 0 Å². The summed E-state index contributed by atoms with van der Waals surface area (Å²) in [5.74, 6) is 0.325. The molecule has 0 unspecified atom stereocenters. The lowest BCUT2D eigenvalue weighted by Gasteiger charge is -2.39. The molecule has 0 aromatic heterocycles. The van der Waals surface area contributed by atoms with Crippen LogP contribution in [0.2, 0.25) is 0 Å². The topological polar surface area (TPSA) is 99.2 Å². The Morgan fingerprint density at radius 3 is 2.27 bits per heavy atom. The van der Waals surface area contributed by atoms with Crippen LogP contribution in [0.1, 0.15) is 47.4 Å². The van der Waals surface area contributed by atoms with Gasteiger partial charge in [-0.3, -0.25) is 19.5 Å². The molecule has 0 atom stereocenters. The zero-order valence-corrected chi connectivity index (χ0v) is 20.7. The molecular formula is C20H29IN4O4S. The molecule has 8 nitrogen and oxygen atoms in total. The predicted octanol–water partition coefficient (Wildman–Crippen LogP) is 1.77. The highest BCUT2D eigenvalue weighted by atomic mass is 127. The molecule has 1 aromatic rings. The maximum atomic E-state index is 12.4. The lowest BCUT2D eigenvalue weighted by atomic mass is 10.1. The van der Waals surface area contributed by atoms with Crippen LogP contribution in [0.4, 0.5) is 0 Å². The number of sulfone groups is 1. The molecule has 2 aliphatic rings. The van der Waals surface area contributed by atoms with E-state index in [9.17, 15) is 18.0 Å². The molecule has 166 valence electrons. The van der Waals surface area contributed by atoms with Crippen molar-refractivity contribution in [3.8, 4) is 0 Å². The normalized spacial score (nSPS) is 20.0. The third-order valence-electron chi connectivity index (χ3n) is 5.52. The molecule has 0 spiro atoms. The summed E-state index contributed by atoms with van der Waals surface area (Å²) in [4.78, 5) is 32.3. The summed E-state index contributed by atoms with van der Waals surface area (Å²) in [6.45, 7) is 5.29. The molecule has 0 aliphatic carbocycles. The molecule has 2 amide bonds. The summed E-state index contributed by atoms with van der Waals surface area (Å²) < 4.78 is 23.5. The Morgan fingerprint density at radius 1 is 1.13 bits per heavy atom. The van der Waals surface area contributed by atoms with Crippen molar-refractivity contribution in [3.63, 3.8) is 0 Å². The van der Waals surface area contributed by atoms with E-state index in [-0.39, 0.29) is 41.5 Å². The van der Waals surface area contributed by atoms with E-state index < -0.39 is 14.6 Å². The number of rotatable bonds is 5. The van der Waals surface area contributed by atoms with Gasteiger partial charge in [-0.2, -0.15) is 0 Å². The summed E-state index contributed by atoms with van der Waals surface area (Å²) >= 11 is 0. The van der Waals surface area contributed by atoms with Gasteiger partial charge in [-0.1, -0.05) is 12.1 Å². The van der Waals surface area contributed by atoms with Gasteiger partial charge < -0.3 is 10.2 Å². The molecular weight excluding hydrogens is 519 g/mol. The van der Waals surface area contributed by atoms with Gasteiger partial charge in [0, 0.05) is 33.2 Å². The molecule has 1 aromatic carbocycles. The zero-order chi connectivity index (χ0) is 21.2. The van der Waals surface area contributed by atoms with E-state index in [4.69, 9.17) is 0 Å². The van der Waals surface area contributed by atoms with Gasteiger partial charge in [0.25, 0.3) is 11.8 Å². The van der Waals surface area contributed by atoms with E-state index in [0.717, 1.165) is 6.42 Å². The summed E-state index contributed by atoms with van der Waals surface area (Å²) in [6.07, 6.45) is 1.43. The van der Waals surface area contributed by atoms with Gasteiger partial charge in [-0.05, 0) is 38.8 Å².